The summed E-state index contributed by atoms with van der Waals surface area (Å²) in [7, 11) is 0. The minimum Gasteiger partial charge on any atom is -0.356 e. The second-order valence-corrected chi connectivity index (χ2v) is 12.0. The van der Waals surface area contributed by atoms with E-state index in [0.717, 1.165) is 24.8 Å². The summed E-state index contributed by atoms with van der Waals surface area (Å²) in [5.41, 5.74) is 6.21. The first-order valence-electron chi connectivity index (χ1n) is 17.7. The molecule has 6 rings (SSSR count). The molecule has 0 aromatic heterocycles. The Labute approximate surface area is 308 Å². The summed E-state index contributed by atoms with van der Waals surface area (Å²) in [6.07, 6.45) is 3.11. The van der Waals surface area contributed by atoms with Gasteiger partial charge in [-0.2, -0.15) is 0 Å². The zero-order valence-corrected chi connectivity index (χ0v) is 29.5. The summed E-state index contributed by atoms with van der Waals surface area (Å²) >= 11 is 0. The molecule has 0 spiro atoms. The van der Waals surface area contributed by atoms with Crippen molar-refractivity contribution in [2.24, 2.45) is 0 Å². The maximum atomic E-state index is 11.7. The highest BCUT2D eigenvalue weighted by Crippen LogP contribution is 2.04. The third kappa shape index (κ3) is 15.5. The monoisotopic (exact) mass is 689 g/mol. The van der Waals surface area contributed by atoms with Crippen molar-refractivity contribution in [3.05, 3.63) is 215 Å². The second-order valence-electron chi connectivity index (χ2n) is 12.0. The van der Waals surface area contributed by atoms with Gasteiger partial charge in [-0.05, 0) is 65.8 Å². The first-order chi connectivity index (χ1) is 25.6. The fourth-order valence-electron chi connectivity index (χ4n) is 5.11. The lowest BCUT2D eigenvalue weighted by Gasteiger charge is -2.05. The number of benzene rings is 6. The topological polar surface area (TPSA) is 87.3 Å². The summed E-state index contributed by atoms with van der Waals surface area (Å²) in [5.74, 6) is 0.0748. The molecule has 3 N–H and O–H groups in total. The van der Waals surface area contributed by atoms with Crippen molar-refractivity contribution in [3.63, 3.8) is 0 Å². The average molecular weight is 690 g/mol. The molecular formula is C46H47N3O3. The molecule has 52 heavy (non-hydrogen) atoms. The van der Waals surface area contributed by atoms with E-state index < -0.39 is 0 Å². The lowest BCUT2D eigenvalue weighted by Crippen LogP contribution is -2.25. The molecule has 264 valence electrons. The summed E-state index contributed by atoms with van der Waals surface area (Å²) in [6, 6.07) is 58.8. The molecular weight excluding hydrogens is 643 g/mol. The predicted octanol–water partition coefficient (Wildman–Crippen LogP) is 8.25. The zero-order valence-electron chi connectivity index (χ0n) is 29.5. The third-order valence-corrected chi connectivity index (χ3v) is 7.97. The van der Waals surface area contributed by atoms with E-state index in [1.807, 2.05) is 133 Å². The van der Waals surface area contributed by atoms with Crippen molar-refractivity contribution < 1.29 is 14.4 Å². The van der Waals surface area contributed by atoms with Gasteiger partial charge < -0.3 is 16.0 Å². The van der Waals surface area contributed by atoms with Crippen LogP contribution in [0.2, 0.25) is 0 Å². The maximum Gasteiger partial charge on any atom is 0.251 e. The van der Waals surface area contributed by atoms with Crippen LogP contribution in [0.25, 0.3) is 0 Å². The highest BCUT2D eigenvalue weighted by Gasteiger charge is 2.04. The Morgan fingerprint density at radius 2 is 0.673 bits per heavy atom. The maximum absolute atomic E-state index is 11.7. The first-order valence-corrected chi connectivity index (χ1v) is 17.7. The SMILES string of the molecule is O=C(CCc1ccccc1)NCCc1ccccc1.O=C(NCCc1ccccc1)c1ccccc1.O=C(NCc1ccccc1)c1ccccc1. The Kier molecular flexibility index (Phi) is 17.2. The van der Waals surface area contributed by atoms with Gasteiger partial charge in [0.2, 0.25) is 5.91 Å². The Morgan fingerprint density at radius 3 is 1.10 bits per heavy atom. The van der Waals surface area contributed by atoms with E-state index in [-0.39, 0.29) is 17.7 Å². The number of rotatable bonds is 13. The van der Waals surface area contributed by atoms with E-state index in [0.29, 0.717) is 37.2 Å². The van der Waals surface area contributed by atoms with Crippen LogP contribution in [-0.4, -0.2) is 30.8 Å². The summed E-state index contributed by atoms with van der Waals surface area (Å²) in [6.45, 7) is 1.93. The van der Waals surface area contributed by atoms with Crippen LogP contribution in [0.4, 0.5) is 0 Å². The normalized spacial score (nSPS) is 9.92. The Morgan fingerprint density at radius 1 is 0.346 bits per heavy atom. The molecule has 0 bridgehead atoms. The van der Waals surface area contributed by atoms with E-state index >= 15 is 0 Å². The van der Waals surface area contributed by atoms with Crippen molar-refractivity contribution in [2.75, 3.05) is 13.1 Å². The molecule has 0 aliphatic rings. The number of aryl methyl sites for hydroxylation is 1. The molecule has 0 fully saturated rings. The van der Waals surface area contributed by atoms with E-state index in [4.69, 9.17) is 0 Å². The largest absolute Gasteiger partial charge is 0.356 e. The summed E-state index contributed by atoms with van der Waals surface area (Å²) in [4.78, 5) is 35.1. The van der Waals surface area contributed by atoms with Crippen LogP contribution < -0.4 is 16.0 Å². The molecule has 0 aliphatic carbocycles. The lowest BCUT2D eigenvalue weighted by atomic mass is 10.1. The van der Waals surface area contributed by atoms with Gasteiger partial charge >= 0.3 is 0 Å². The van der Waals surface area contributed by atoms with Gasteiger partial charge in [0.25, 0.3) is 11.8 Å². The molecule has 0 atom stereocenters. The van der Waals surface area contributed by atoms with Gasteiger partial charge in [-0.1, -0.05) is 158 Å². The zero-order chi connectivity index (χ0) is 36.5. The molecule has 6 nitrogen and oxygen atoms in total. The quantitative estimate of drug-likeness (QED) is 0.114. The Balaban J connectivity index is 0.000000175. The molecule has 6 aromatic rings. The number of carbonyl (C=O) groups excluding carboxylic acids is 3. The van der Waals surface area contributed by atoms with Crippen LogP contribution in [0, 0.1) is 0 Å². The van der Waals surface area contributed by atoms with Crippen molar-refractivity contribution in [1.29, 1.82) is 0 Å². The molecule has 0 saturated carbocycles. The van der Waals surface area contributed by atoms with Crippen LogP contribution in [0.3, 0.4) is 0 Å². The first kappa shape index (κ1) is 38.5. The molecule has 0 heterocycles. The van der Waals surface area contributed by atoms with Gasteiger partial charge in [-0.25, -0.2) is 0 Å². The van der Waals surface area contributed by atoms with Crippen LogP contribution in [0.1, 0.15) is 49.4 Å². The minimum atomic E-state index is -0.0375. The molecule has 0 unspecified atom stereocenters. The van der Waals surface area contributed by atoms with Crippen LogP contribution >= 0.6 is 0 Å². The predicted molar refractivity (Wildman–Crippen MR) is 211 cm³/mol. The number of amides is 3. The van der Waals surface area contributed by atoms with Gasteiger partial charge in [0.05, 0.1) is 0 Å². The molecule has 0 saturated heterocycles. The fraction of sp³-hybridized carbons (Fsp3) is 0.152. The van der Waals surface area contributed by atoms with Crippen molar-refractivity contribution in [3.8, 4) is 0 Å². The number of carbonyl (C=O) groups is 3. The van der Waals surface area contributed by atoms with Crippen molar-refractivity contribution in [1.82, 2.24) is 16.0 Å². The van der Waals surface area contributed by atoms with Gasteiger partial charge in [-0.3, -0.25) is 14.4 Å². The van der Waals surface area contributed by atoms with Crippen LogP contribution in [-0.2, 0) is 30.6 Å². The number of nitrogens with one attached hydrogen (secondary N) is 3. The molecule has 0 aliphatic heterocycles. The Hall–Kier alpha value is -6.27. The van der Waals surface area contributed by atoms with E-state index in [2.05, 4.69) is 52.3 Å². The average Bonchev–Trinajstić information content (AvgIpc) is 3.22. The second kappa shape index (κ2) is 23.2. The molecule has 3 amide bonds. The highest BCUT2D eigenvalue weighted by atomic mass is 16.2. The van der Waals surface area contributed by atoms with Gasteiger partial charge in [0, 0.05) is 37.2 Å². The van der Waals surface area contributed by atoms with Crippen molar-refractivity contribution >= 4 is 17.7 Å². The number of hydrogen-bond donors (Lipinski definition) is 3. The van der Waals surface area contributed by atoms with Crippen LogP contribution in [0.5, 0.6) is 0 Å². The minimum absolute atomic E-state index is 0.0125. The van der Waals surface area contributed by atoms with E-state index in [9.17, 15) is 14.4 Å². The van der Waals surface area contributed by atoms with E-state index in [1.165, 1.54) is 16.7 Å². The van der Waals surface area contributed by atoms with Crippen LogP contribution in [0.15, 0.2) is 182 Å². The highest BCUT2D eigenvalue weighted by molar-refractivity contribution is 5.94. The Bertz CT molecular complexity index is 1850. The number of hydrogen-bond acceptors (Lipinski definition) is 3. The third-order valence-electron chi connectivity index (χ3n) is 7.97. The smallest absolute Gasteiger partial charge is 0.251 e. The van der Waals surface area contributed by atoms with Gasteiger partial charge in [0.1, 0.15) is 0 Å². The molecule has 6 aromatic carbocycles. The standard InChI is InChI=1S/C17H19NO.C15H15NO.C14H13NO/c19-17(12-11-15-7-3-1-4-8-15)18-14-13-16-9-5-2-6-10-16;17-15(14-9-5-2-6-10-14)16-12-11-13-7-3-1-4-8-13;16-14(13-9-5-2-6-10-13)15-11-12-7-3-1-4-8-12/h1-10H,11-14H2,(H,18,19);1-10H,11-12H2,(H,16,17);1-10H,11H2,(H,15,16). The summed E-state index contributed by atoms with van der Waals surface area (Å²) < 4.78 is 0. The molecule has 0 radical (unpaired) electrons. The molecule has 6 heteroatoms. The fourth-order valence-corrected chi connectivity index (χ4v) is 5.11. The summed E-state index contributed by atoms with van der Waals surface area (Å²) in [5, 5.41) is 8.75. The van der Waals surface area contributed by atoms with E-state index in [1.54, 1.807) is 12.1 Å². The van der Waals surface area contributed by atoms with Gasteiger partial charge in [-0.15, -0.1) is 0 Å². The lowest BCUT2D eigenvalue weighted by molar-refractivity contribution is -0.121. The van der Waals surface area contributed by atoms with Gasteiger partial charge in [0.15, 0.2) is 0 Å². The van der Waals surface area contributed by atoms with Crippen molar-refractivity contribution in [2.45, 2.75) is 32.2 Å².